The summed E-state index contributed by atoms with van der Waals surface area (Å²) in [6.07, 6.45) is -0.629. The summed E-state index contributed by atoms with van der Waals surface area (Å²) >= 11 is 1.40. The summed E-state index contributed by atoms with van der Waals surface area (Å²) in [6.45, 7) is 8.77. The zero-order chi connectivity index (χ0) is 20.1. The number of aryl methyl sites for hydroxylation is 1. The Balaban J connectivity index is 1.52. The maximum Gasteiger partial charge on any atom is 0.214 e. The van der Waals surface area contributed by atoms with E-state index in [1.165, 1.54) is 22.9 Å². The number of nitrogens with zero attached hydrogens (tertiary/aromatic N) is 4. The van der Waals surface area contributed by atoms with Gasteiger partial charge in [0, 0.05) is 5.75 Å². The van der Waals surface area contributed by atoms with E-state index in [1.807, 2.05) is 43.3 Å². The lowest BCUT2D eigenvalue weighted by atomic mass is 9.87. The van der Waals surface area contributed by atoms with Crippen LogP contribution in [-0.2, 0) is 5.41 Å². The van der Waals surface area contributed by atoms with E-state index < -0.39 is 6.10 Å². The van der Waals surface area contributed by atoms with Gasteiger partial charge in [-0.3, -0.25) is 0 Å². The Labute approximate surface area is 169 Å². The molecule has 3 aromatic rings. The van der Waals surface area contributed by atoms with Crippen LogP contribution >= 0.6 is 11.8 Å². The molecule has 0 saturated heterocycles. The fourth-order valence-corrected chi connectivity index (χ4v) is 3.38. The van der Waals surface area contributed by atoms with Crippen molar-refractivity contribution in [2.45, 2.75) is 44.4 Å². The molecule has 0 fully saturated rings. The highest BCUT2D eigenvalue weighted by Crippen LogP contribution is 2.24. The summed E-state index contributed by atoms with van der Waals surface area (Å²) in [5, 5.41) is 22.7. The summed E-state index contributed by atoms with van der Waals surface area (Å²) < 4.78 is 7.38. The average Bonchev–Trinajstić information content (AvgIpc) is 3.13. The van der Waals surface area contributed by atoms with E-state index in [4.69, 9.17) is 4.74 Å². The zero-order valence-electron chi connectivity index (χ0n) is 16.7. The fraction of sp³-hybridized carbons (Fsp3) is 0.381. The van der Waals surface area contributed by atoms with Gasteiger partial charge in [0.25, 0.3) is 0 Å². The van der Waals surface area contributed by atoms with Crippen molar-refractivity contribution >= 4 is 11.8 Å². The SMILES string of the molecule is Cc1ccc(-n2nnnc2SC[C@H](O)COc2ccc(C(C)(C)C)cc2)cc1. The molecule has 0 radical (unpaired) electrons. The van der Waals surface area contributed by atoms with Gasteiger partial charge in [0.2, 0.25) is 5.16 Å². The molecule has 148 valence electrons. The molecular formula is C21H26N4O2S. The number of rotatable bonds is 7. The van der Waals surface area contributed by atoms with Gasteiger partial charge >= 0.3 is 0 Å². The standard InChI is InChI=1S/C21H26N4O2S/c1-15-5-9-17(10-6-15)25-20(22-23-24-25)28-14-18(26)13-27-19-11-7-16(8-12-19)21(2,3)4/h5-12,18,26H,13-14H2,1-4H3/t18-/m1/s1. The lowest BCUT2D eigenvalue weighted by Gasteiger charge is -2.19. The van der Waals surface area contributed by atoms with Gasteiger partial charge in [0.1, 0.15) is 12.4 Å². The molecule has 0 aliphatic carbocycles. The molecule has 0 aliphatic heterocycles. The Kier molecular flexibility index (Phi) is 6.36. The highest BCUT2D eigenvalue weighted by molar-refractivity contribution is 7.99. The van der Waals surface area contributed by atoms with Crippen LogP contribution in [0.25, 0.3) is 5.69 Å². The fourth-order valence-electron chi connectivity index (χ4n) is 2.58. The first kappa shape index (κ1) is 20.4. The van der Waals surface area contributed by atoms with E-state index in [1.54, 1.807) is 4.68 Å². The second-order valence-corrected chi connectivity index (χ2v) is 8.75. The zero-order valence-corrected chi connectivity index (χ0v) is 17.5. The Morgan fingerprint density at radius 2 is 1.75 bits per heavy atom. The van der Waals surface area contributed by atoms with Gasteiger partial charge in [0.05, 0.1) is 11.8 Å². The first-order chi connectivity index (χ1) is 13.3. The highest BCUT2D eigenvalue weighted by Gasteiger charge is 2.15. The smallest absolute Gasteiger partial charge is 0.214 e. The minimum absolute atomic E-state index is 0.107. The van der Waals surface area contributed by atoms with Crippen LogP contribution in [0.5, 0.6) is 5.75 Å². The van der Waals surface area contributed by atoms with E-state index in [9.17, 15) is 5.11 Å². The highest BCUT2D eigenvalue weighted by atomic mass is 32.2. The molecule has 0 aliphatic rings. The number of aromatic nitrogens is 4. The molecule has 1 atom stereocenters. The van der Waals surface area contributed by atoms with Crippen LogP contribution < -0.4 is 4.74 Å². The van der Waals surface area contributed by atoms with E-state index in [0.29, 0.717) is 10.9 Å². The van der Waals surface area contributed by atoms with Crippen molar-refractivity contribution in [1.29, 1.82) is 0 Å². The molecule has 0 unspecified atom stereocenters. The Hall–Kier alpha value is -2.38. The first-order valence-electron chi connectivity index (χ1n) is 9.22. The van der Waals surface area contributed by atoms with Gasteiger partial charge in [-0.1, -0.05) is 62.4 Å². The second-order valence-electron chi connectivity index (χ2n) is 7.76. The third-order valence-corrected chi connectivity index (χ3v) is 5.35. The molecule has 2 aromatic carbocycles. The van der Waals surface area contributed by atoms with Crippen molar-refractivity contribution in [2.75, 3.05) is 12.4 Å². The minimum atomic E-state index is -0.629. The molecule has 1 heterocycles. The quantitative estimate of drug-likeness (QED) is 0.610. The molecule has 6 nitrogen and oxygen atoms in total. The molecule has 7 heteroatoms. The van der Waals surface area contributed by atoms with Gasteiger partial charge in [-0.05, 0) is 52.6 Å². The number of aliphatic hydroxyl groups is 1. The number of hydrogen-bond donors (Lipinski definition) is 1. The topological polar surface area (TPSA) is 73.1 Å². The molecule has 0 spiro atoms. The van der Waals surface area contributed by atoms with Crippen molar-refractivity contribution in [3.63, 3.8) is 0 Å². The number of hydrogen-bond acceptors (Lipinski definition) is 6. The van der Waals surface area contributed by atoms with E-state index in [0.717, 1.165) is 11.4 Å². The van der Waals surface area contributed by atoms with E-state index in [2.05, 4.69) is 48.4 Å². The van der Waals surface area contributed by atoms with Crippen LogP contribution in [0.2, 0.25) is 0 Å². The number of aliphatic hydroxyl groups excluding tert-OH is 1. The summed E-state index contributed by atoms with van der Waals surface area (Å²) in [4.78, 5) is 0. The largest absolute Gasteiger partial charge is 0.491 e. The van der Waals surface area contributed by atoms with Gasteiger partial charge in [-0.25, -0.2) is 0 Å². The number of ether oxygens (including phenoxy) is 1. The van der Waals surface area contributed by atoms with Gasteiger partial charge < -0.3 is 9.84 Å². The monoisotopic (exact) mass is 398 g/mol. The molecule has 1 N–H and O–H groups in total. The Bertz CT molecular complexity index is 886. The summed E-state index contributed by atoms with van der Waals surface area (Å²) in [6, 6.07) is 16.0. The van der Waals surface area contributed by atoms with Gasteiger partial charge in [-0.15, -0.1) is 5.10 Å². The van der Waals surface area contributed by atoms with Crippen molar-refractivity contribution in [2.24, 2.45) is 0 Å². The van der Waals surface area contributed by atoms with Gasteiger partial charge in [-0.2, -0.15) is 4.68 Å². The van der Waals surface area contributed by atoms with Crippen LogP contribution in [0.1, 0.15) is 31.9 Å². The van der Waals surface area contributed by atoms with Crippen LogP contribution in [0.4, 0.5) is 0 Å². The molecule has 1 aromatic heterocycles. The van der Waals surface area contributed by atoms with E-state index in [-0.39, 0.29) is 12.0 Å². The van der Waals surface area contributed by atoms with Crippen molar-refractivity contribution in [1.82, 2.24) is 20.2 Å². The van der Waals surface area contributed by atoms with Crippen LogP contribution in [0.15, 0.2) is 53.7 Å². The maximum atomic E-state index is 10.3. The maximum absolute atomic E-state index is 10.3. The number of thioether (sulfide) groups is 1. The third kappa shape index (κ3) is 5.33. The van der Waals surface area contributed by atoms with Crippen molar-refractivity contribution in [3.8, 4) is 11.4 Å². The summed E-state index contributed by atoms with van der Waals surface area (Å²) in [5.41, 5.74) is 3.42. The number of benzene rings is 2. The molecular weight excluding hydrogens is 372 g/mol. The Morgan fingerprint density at radius 3 is 2.39 bits per heavy atom. The molecule has 28 heavy (non-hydrogen) atoms. The third-order valence-electron chi connectivity index (χ3n) is 4.29. The van der Waals surface area contributed by atoms with Crippen molar-refractivity contribution in [3.05, 3.63) is 59.7 Å². The van der Waals surface area contributed by atoms with Crippen molar-refractivity contribution < 1.29 is 9.84 Å². The molecule has 0 saturated carbocycles. The van der Waals surface area contributed by atoms with Crippen LogP contribution in [0.3, 0.4) is 0 Å². The lowest BCUT2D eigenvalue weighted by Crippen LogP contribution is -2.20. The van der Waals surface area contributed by atoms with Crippen LogP contribution in [0, 0.1) is 6.92 Å². The molecule has 3 rings (SSSR count). The van der Waals surface area contributed by atoms with Crippen LogP contribution in [-0.4, -0.2) is 43.8 Å². The normalized spacial score (nSPS) is 12.8. The summed E-state index contributed by atoms with van der Waals surface area (Å²) in [5.74, 6) is 1.19. The minimum Gasteiger partial charge on any atom is -0.491 e. The number of tetrazole rings is 1. The van der Waals surface area contributed by atoms with Gasteiger partial charge in [0.15, 0.2) is 0 Å². The molecule has 0 amide bonds. The average molecular weight is 399 g/mol. The summed E-state index contributed by atoms with van der Waals surface area (Å²) in [7, 11) is 0. The molecule has 0 bridgehead atoms. The Morgan fingerprint density at radius 1 is 1.07 bits per heavy atom. The second kappa shape index (κ2) is 8.75. The predicted molar refractivity (Wildman–Crippen MR) is 111 cm³/mol. The first-order valence-corrected chi connectivity index (χ1v) is 10.2. The predicted octanol–water partition coefficient (Wildman–Crippen LogP) is 3.80. The van der Waals surface area contributed by atoms with E-state index >= 15 is 0 Å². The lowest BCUT2D eigenvalue weighted by molar-refractivity contribution is 0.126.